The van der Waals surface area contributed by atoms with Crippen molar-refractivity contribution in [2.24, 2.45) is 0 Å². The average molecular weight is 436 g/mol. The monoisotopic (exact) mass is 435 g/mol. The van der Waals surface area contributed by atoms with Crippen LogP contribution in [0, 0.1) is 6.92 Å². The van der Waals surface area contributed by atoms with Crippen molar-refractivity contribution < 1.29 is 0 Å². The molecule has 0 aliphatic rings. The standard InChI is InChI=1S/C26H25N7/c1-15(2)24-29-13-19(14-30-24)32-25-21-7-5-16(3)23(20(21)9-10-28-25)17-6-8-22-18(11-17)12-31-26(27-4)33-22/h5-15H,1-4H3,(H,28,32)(H,27,31,33). The maximum Gasteiger partial charge on any atom is 0.222 e. The third-order valence-corrected chi connectivity index (χ3v) is 5.70. The number of nitrogens with zero attached hydrogens (tertiary/aromatic N) is 5. The molecule has 33 heavy (non-hydrogen) atoms. The molecule has 5 aromatic rings. The van der Waals surface area contributed by atoms with Crippen molar-refractivity contribution in [1.82, 2.24) is 24.9 Å². The first kappa shape index (κ1) is 20.8. The van der Waals surface area contributed by atoms with E-state index in [9.17, 15) is 0 Å². The van der Waals surface area contributed by atoms with E-state index in [4.69, 9.17) is 0 Å². The summed E-state index contributed by atoms with van der Waals surface area (Å²) in [6, 6.07) is 12.6. The number of aromatic nitrogens is 5. The van der Waals surface area contributed by atoms with E-state index in [1.54, 1.807) is 12.4 Å². The second-order valence-corrected chi connectivity index (χ2v) is 8.34. The minimum Gasteiger partial charge on any atom is -0.357 e. The van der Waals surface area contributed by atoms with E-state index < -0.39 is 0 Å². The summed E-state index contributed by atoms with van der Waals surface area (Å²) in [6.07, 6.45) is 7.30. The van der Waals surface area contributed by atoms with Crippen LogP contribution in [-0.4, -0.2) is 32.0 Å². The Balaban J connectivity index is 1.59. The zero-order chi connectivity index (χ0) is 22.9. The fourth-order valence-electron chi connectivity index (χ4n) is 3.99. The van der Waals surface area contributed by atoms with Gasteiger partial charge in [-0.2, -0.15) is 0 Å². The van der Waals surface area contributed by atoms with Crippen molar-refractivity contribution in [3.05, 3.63) is 72.6 Å². The van der Waals surface area contributed by atoms with Crippen LogP contribution in [0.1, 0.15) is 31.2 Å². The van der Waals surface area contributed by atoms with E-state index in [0.717, 1.165) is 44.6 Å². The van der Waals surface area contributed by atoms with E-state index in [2.05, 4.69) is 86.7 Å². The van der Waals surface area contributed by atoms with Crippen molar-refractivity contribution >= 4 is 39.1 Å². The van der Waals surface area contributed by atoms with Crippen molar-refractivity contribution in [2.45, 2.75) is 26.7 Å². The van der Waals surface area contributed by atoms with Crippen LogP contribution in [0.15, 0.2) is 61.2 Å². The first-order chi connectivity index (χ1) is 16.0. The Bertz CT molecular complexity index is 1460. The van der Waals surface area contributed by atoms with E-state index in [-0.39, 0.29) is 5.92 Å². The SMILES string of the molecule is CNc1ncc2cc(-c3c(C)ccc4c(Nc5cnc(C(C)C)nc5)nccc34)ccc2n1. The summed E-state index contributed by atoms with van der Waals surface area (Å²) in [6.45, 7) is 6.29. The van der Waals surface area contributed by atoms with E-state index >= 15 is 0 Å². The lowest BCUT2D eigenvalue weighted by atomic mass is 9.94. The Morgan fingerprint density at radius 3 is 2.42 bits per heavy atom. The van der Waals surface area contributed by atoms with E-state index in [1.807, 2.05) is 25.5 Å². The highest BCUT2D eigenvalue weighted by Crippen LogP contribution is 2.36. The molecule has 0 atom stereocenters. The van der Waals surface area contributed by atoms with Gasteiger partial charge in [0.25, 0.3) is 0 Å². The number of hydrogen-bond donors (Lipinski definition) is 2. The summed E-state index contributed by atoms with van der Waals surface area (Å²) >= 11 is 0. The summed E-state index contributed by atoms with van der Waals surface area (Å²) < 4.78 is 0. The topological polar surface area (TPSA) is 88.5 Å². The highest BCUT2D eigenvalue weighted by molar-refractivity contribution is 6.04. The van der Waals surface area contributed by atoms with Crippen LogP contribution in [-0.2, 0) is 0 Å². The van der Waals surface area contributed by atoms with Gasteiger partial charge in [-0.15, -0.1) is 0 Å². The molecule has 2 N–H and O–H groups in total. The quantitative estimate of drug-likeness (QED) is 0.358. The van der Waals surface area contributed by atoms with Gasteiger partial charge in [0.1, 0.15) is 11.6 Å². The zero-order valence-electron chi connectivity index (χ0n) is 19.1. The van der Waals surface area contributed by atoms with Crippen LogP contribution in [0.25, 0.3) is 32.8 Å². The molecule has 0 bridgehead atoms. The zero-order valence-corrected chi connectivity index (χ0v) is 19.1. The number of nitrogens with one attached hydrogen (secondary N) is 2. The van der Waals surface area contributed by atoms with Crippen LogP contribution in [0.5, 0.6) is 0 Å². The van der Waals surface area contributed by atoms with Gasteiger partial charge in [-0.05, 0) is 47.2 Å². The van der Waals surface area contributed by atoms with Gasteiger partial charge < -0.3 is 10.6 Å². The largest absolute Gasteiger partial charge is 0.357 e. The molecular weight excluding hydrogens is 410 g/mol. The molecule has 7 nitrogen and oxygen atoms in total. The second-order valence-electron chi connectivity index (χ2n) is 8.34. The van der Waals surface area contributed by atoms with Gasteiger partial charge >= 0.3 is 0 Å². The Kier molecular flexibility index (Phi) is 5.30. The summed E-state index contributed by atoms with van der Waals surface area (Å²) in [5.74, 6) is 2.50. The molecule has 0 amide bonds. The van der Waals surface area contributed by atoms with Crippen LogP contribution in [0.3, 0.4) is 0 Å². The maximum absolute atomic E-state index is 4.60. The molecule has 3 heterocycles. The first-order valence-electron chi connectivity index (χ1n) is 11.0. The number of anilines is 3. The second kappa shape index (κ2) is 8.43. The number of fused-ring (bicyclic) bond motifs is 2. The maximum atomic E-state index is 4.60. The molecule has 0 fully saturated rings. The average Bonchev–Trinajstić information content (AvgIpc) is 2.83. The lowest BCUT2D eigenvalue weighted by molar-refractivity contribution is 0.775. The third kappa shape index (κ3) is 3.93. The fraction of sp³-hybridized carbons (Fsp3) is 0.192. The van der Waals surface area contributed by atoms with Crippen molar-refractivity contribution in [3.63, 3.8) is 0 Å². The molecule has 0 saturated heterocycles. The Labute approximate surface area is 192 Å². The fourth-order valence-corrected chi connectivity index (χ4v) is 3.99. The van der Waals surface area contributed by atoms with Gasteiger partial charge in [0.05, 0.1) is 23.6 Å². The van der Waals surface area contributed by atoms with Gasteiger partial charge in [-0.25, -0.2) is 24.9 Å². The third-order valence-electron chi connectivity index (χ3n) is 5.70. The van der Waals surface area contributed by atoms with Crippen molar-refractivity contribution in [1.29, 1.82) is 0 Å². The molecule has 0 spiro atoms. The molecule has 3 aromatic heterocycles. The molecular formula is C26H25N7. The normalized spacial score (nSPS) is 11.3. The highest BCUT2D eigenvalue weighted by Gasteiger charge is 2.13. The number of rotatable bonds is 5. The first-order valence-corrected chi connectivity index (χ1v) is 11.0. The molecule has 7 heteroatoms. The number of pyridine rings is 1. The van der Waals surface area contributed by atoms with Gasteiger partial charge in [0.2, 0.25) is 5.95 Å². The van der Waals surface area contributed by atoms with Crippen LogP contribution in [0.4, 0.5) is 17.5 Å². The molecule has 5 rings (SSSR count). The number of hydrogen-bond acceptors (Lipinski definition) is 7. The minimum absolute atomic E-state index is 0.289. The molecule has 164 valence electrons. The van der Waals surface area contributed by atoms with Gasteiger partial charge in [0, 0.05) is 36.1 Å². The Morgan fingerprint density at radius 1 is 0.848 bits per heavy atom. The smallest absolute Gasteiger partial charge is 0.222 e. The summed E-state index contributed by atoms with van der Waals surface area (Å²) in [5, 5.41) is 9.54. The predicted octanol–water partition coefficient (Wildman–Crippen LogP) is 5.85. The van der Waals surface area contributed by atoms with Gasteiger partial charge in [-0.3, -0.25) is 0 Å². The van der Waals surface area contributed by atoms with E-state index in [0.29, 0.717) is 5.95 Å². The molecule has 0 radical (unpaired) electrons. The molecule has 2 aromatic carbocycles. The van der Waals surface area contributed by atoms with Crippen LogP contribution >= 0.6 is 0 Å². The van der Waals surface area contributed by atoms with Crippen LogP contribution < -0.4 is 10.6 Å². The lowest BCUT2D eigenvalue weighted by Crippen LogP contribution is -2.00. The van der Waals surface area contributed by atoms with Crippen LogP contribution in [0.2, 0.25) is 0 Å². The highest BCUT2D eigenvalue weighted by atomic mass is 15.1. The Hall–Kier alpha value is -4.13. The van der Waals surface area contributed by atoms with Crippen molar-refractivity contribution in [3.8, 4) is 11.1 Å². The van der Waals surface area contributed by atoms with Gasteiger partial charge in [0.15, 0.2) is 0 Å². The van der Waals surface area contributed by atoms with Crippen molar-refractivity contribution in [2.75, 3.05) is 17.7 Å². The lowest BCUT2D eigenvalue weighted by Gasteiger charge is -2.15. The Morgan fingerprint density at radius 2 is 1.67 bits per heavy atom. The van der Waals surface area contributed by atoms with E-state index in [1.165, 1.54) is 11.1 Å². The molecule has 0 unspecified atom stereocenters. The molecule has 0 aliphatic carbocycles. The number of benzene rings is 2. The molecule has 0 aliphatic heterocycles. The summed E-state index contributed by atoms with van der Waals surface area (Å²) in [7, 11) is 1.82. The summed E-state index contributed by atoms with van der Waals surface area (Å²) in [5.41, 5.74) is 5.20. The molecule has 0 saturated carbocycles. The minimum atomic E-state index is 0.289. The summed E-state index contributed by atoms with van der Waals surface area (Å²) in [4.78, 5) is 22.4. The predicted molar refractivity (Wildman–Crippen MR) is 134 cm³/mol. The number of aryl methyl sites for hydroxylation is 1. The van der Waals surface area contributed by atoms with Gasteiger partial charge in [-0.1, -0.05) is 32.0 Å².